The molecule has 0 aliphatic rings. The molecule has 1 aromatic carbocycles. The Labute approximate surface area is 121 Å². The lowest BCUT2D eigenvalue weighted by Gasteiger charge is -2.08. The van der Waals surface area contributed by atoms with Crippen LogP contribution in [-0.2, 0) is 11.2 Å². The molecule has 6 nitrogen and oxygen atoms in total. The number of benzene rings is 1. The molecule has 21 heavy (non-hydrogen) atoms. The lowest BCUT2D eigenvalue weighted by Crippen LogP contribution is -2.07. The van der Waals surface area contributed by atoms with Crippen LogP contribution < -0.4 is 10.5 Å². The van der Waals surface area contributed by atoms with Crippen molar-refractivity contribution in [2.45, 2.75) is 13.3 Å². The molecule has 0 radical (unpaired) electrons. The highest BCUT2D eigenvalue weighted by Gasteiger charge is 2.11. The van der Waals surface area contributed by atoms with Crippen LogP contribution in [0, 0.1) is 0 Å². The number of carbonyl (C=O) groups is 1. The standard InChI is InChI=1S/C15H14N4O2/c1-10(20)21-13-9-18-14(19-7-6-17-15(13)19)8-11-2-4-12(16)5-3-11/h2-7,9H,8,16H2,1H3. The van der Waals surface area contributed by atoms with Crippen LogP contribution >= 0.6 is 0 Å². The van der Waals surface area contributed by atoms with Gasteiger partial charge in [-0.15, -0.1) is 0 Å². The Morgan fingerprint density at radius 1 is 1.29 bits per heavy atom. The van der Waals surface area contributed by atoms with E-state index in [0.717, 1.165) is 17.1 Å². The molecule has 2 heterocycles. The van der Waals surface area contributed by atoms with Crippen LogP contribution in [0.4, 0.5) is 5.69 Å². The lowest BCUT2D eigenvalue weighted by atomic mass is 10.1. The normalized spacial score (nSPS) is 10.7. The fourth-order valence-corrected chi connectivity index (χ4v) is 2.12. The largest absolute Gasteiger partial charge is 0.421 e. The second-order valence-electron chi connectivity index (χ2n) is 4.67. The topological polar surface area (TPSA) is 82.5 Å². The van der Waals surface area contributed by atoms with E-state index in [1.54, 1.807) is 12.4 Å². The van der Waals surface area contributed by atoms with E-state index in [1.807, 2.05) is 28.7 Å². The summed E-state index contributed by atoms with van der Waals surface area (Å²) in [5.41, 5.74) is 8.07. The molecule has 0 unspecified atom stereocenters. The molecule has 2 N–H and O–H groups in total. The molecule has 0 spiro atoms. The molecule has 3 aromatic rings. The van der Waals surface area contributed by atoms with Gasteiger partial charge in [-0.2, -0.15) is 0 Å². The van der Waals surface area contributed by atoms with E-state index in [-0.39, 0.29) is 0 Å². The first-order chi connectivity index (χ1) is 10.1. The molecule has 0 saturated heterocycles. The summed E-state index contributed by atoms with van der Waals surface area (Å²) in [7, 11) is 0. The van der Waals surface area contributed by atoms with Gasteiger partial charge in [-0.3, -0.25) is 9.20 Å². The van der Waals surface area contributed by atoms with E-state index in [0.29, 0.717) is 17.8 Å². The number of anilines is 1. The Morgan fingerprint density at radius 2 is 2.05 bits per heavy atom. The van der Waals surface area contributed by atoms with Crippen molar-refractivity contribution in [3.05, 3.63) is 54.2 Å². The molecule has 0 amide bonds. The van der Waals surface area contributed by atoms with Gasteiger partial charge in [0.2, 0.25) is 0 Å². The van der Waals surface area contributed by atoms with E-state index < -0.39 is 5.97 Å². The first-order valence-corrected chi connectivity index (χ1v) is 6.47. The number of carbonyl (C=O) groups excluding carboxylic acids is 1. The molecule has 0 aliphatic heterocycles. The van der Waals surface area contributed by atoms with Gasteiger partial charge in [0.05, 0.1) is 6.20 Å². The van der Waals surface area contributed by atoms with Crippen molar-refractivity contribution in [1.29, 1.82) is 0 Å². The van der Waals surface area contributed by atoms with Crippen molar-refractivity contribution in [1.82, 2.24) is 14.4 Å². The van der Waals surface area contributed by atoms with Crippen LogP contribution in [0.25, 0.3) is 5.65 Å². The van der Waals surface area contributed by atoms with Gasteiger partial charge in [-0.1, -0.05) is 12.1 Å². The van der Waals surface area contributed by atoms with E-state index >= 15 is 0 Å². The third-order valence-electron chi connectivity index (χ3n) is 3.07. The first-order valence-electron chi connectivity index (χ1n) is 6.47. The molecule has 0 atom stereocenters. The van der Waals surface area contributed by atoms with Crippen molar-refractivity contribution < 1.29 is 9.53 Å². The zero-order chi connectivity index (χ0) is 14.8. The third-order valence-corrected chi connectivity index (χ3v) is 3.07. The minimum atomic E-state index is -0.395. The van der Waals surface area contributed by atoms with Crippen molar-refractivity contribution in [3.8, 4) is 5.75 Å². The summed E-state index contributed by atoms with van der Waals surface area (Å²) in [5.74, 6) is 0.768. The Hall–Kier alpha value is -2.89. The smallest absolute Gasteiger partial charge is 0.308 e. The van der Waals surface area contributed by atoms with E-state index in [9.17, 15) is 4.79 Å². The van der Waals surface area contributed by atoms with Crippen LogP contribution in [0.3, 0.4) is 0 Å². The van der Waals surface area contributed by atoms with Crippen LogP contribution in [-0.4, -0.2) is 20.3 Å². The Morgan fingerprint density at radius 3 is 2.76 bits per heavy atom. The number of nitrogen functional groups attached to an aromatic ring is 1. The SMILES string of the molecule is CC(=O)Oc1cnc(Cc2ccc(N)cc2)n2ccnc12. The summed E-state index contributed by atoms with van der Waals surface area (Å²) in [5, 5.41) is 0. The van der Waals surface area contributed by atoms with Crippen molar-refractivity contribution in [2.24, 2.45) is 0 Å². The Bertz CT molecular complexity index is 793. The number of imidazole rings is 1. The number of nitrogens with two attached hydrogens (primary N) is 1. The molecular weight excluding hydrogens is 268 g/mol. The number of esters is 1. The molecular formula is C15H14N4O2. The highest BCUT2D eigenvalue weighted by atomic mass is 16.5. The highest BCUT2D eigenvalue weighted by Crippen LogP contribution is 2.20. The van der Waals surface area contributed by atoms with Crippen LogP contribution in [0.1, 0.15) is 18.3 Å². The quantitative estimate of drug-likeness (QED) is 0.585. The highest BCUT2D eigenvalue weighted by molar-refractivity contribution is 5.72. The number of hydrogen-bond donors (Lipinski definition) is 1. The number of ether oxygens (including phenoxy) is 1. The predicted molar refractivity (Wildman–Crippen MR) is 78.0 cm³/mol. The summed E-state index contributed by atoms with van der Waals surface area (Å²) in [6, 6.07) is 7.63. The minimum absolute atomic E-state index is 0.355. The number of fused-ring (bicyclic) bond motifs is 1. The molecule has 0 fully saturated rings. The lowest BCUT2D eigenvalue weighted by molar-refractivity contribution is -0.131. The van der Waals surface area contributed by atoms with Gasteiger partial charge in [-0.05, 0) is 17.7 Å². The van der Waals surface area contributed by atoms with Crippen LogP contribution in [0.15, 0.2) is 42.9 Å². The number of nitrogens with zero attached hydrogens (tertiary/aromatic N) is 3. The van der Waals surface area contributed by atoms with Gasteiger partial charge >= 0.3 is 5.97 Å². The fraction of sp³-hybridized carbons (Fsp3) is 0.133. The van der Waals surface area contributed by atoms with Gasteiger partial charge in [0.25, 0.3) is 0 Å². The molecule has 0 bridgehead atoms. The van der Waals surface area contributed by atoms with E-state index in [2.05, 4.69) is 9.97 Å². The molecule has 106 valence electrons. The molecule has 3 rings (SSSR count). The monoisotopic (exact) mass is 282 g/mol. The zero-order valence-electron chi connectivity index (χ0n) is 11.5. The Kier molecular flexibility index (Phi) is 3.27. The predicted octanol–water partition coefficient (Wildman–Crippen LogP) is 1.83. The van der Waals surface area contributed by atoms with Crippen molar-refractivity contribution in [2.75, 3.05) is 5.73 Å². The summed E-state index contributed by atoms with van der Waals surface area (Å²) < 4.78 is 6.92. The van der Waals surface area contributed by atoms with Crippen LogP contribution in [0.5, 0.6) is 5.75 Å². The maximum Gasteiger partial charge on any atom is 0.308 e. The first kappa shape index (κ1) is 13.1. The minimum Gasteiger partial charge on any atom is -0.421 e. The number of aromatic nitrogens is 3. The summed E-state index contributed by atoms with van der Waals surface area (Å²) in [6.07, 6.45) is 5.60. The fourth-order valence-electron chi connectivity index (χ4n) is 2.12. The molecule has 6 heteroatoms. The maximum atomic E-state index is 11.1. The van der Waals surface area contributed by atoms with Gasteiger partial charge < -0.3 is 10.5 Å². The average Bonchev–Trinajstić information content (AvgIpc) is 2.93. The molecule has 0 saturated carbocycles. The van der Waals surface area contributed by atoms with Gasteiger partial charge in [0.15, 0.2) is 11.4 Å². The number of hydrogen-bond acceptors (Lipinski definition) is 5. The second kappa shape index (κ2) is 5.24. The number of rotatable bonds is 3. The average molecular weight is 282 g/mol. The van der Waals surface area contributed by atoms with Crippen molar-refractivity contribution >= 4 is 17.3 Å². The zero-order valence-corrected chi connectivity index (χ0v) is 11.5. The molecule has 0 aliphatic carbocycles. The van der Waals surface area contributed by atoms with Crippen LogP contribution in [0.2, 0.25) is 0 Å². The van der Waals surface area contributed by atoms with Crippen molar-refractivity contribution in [3.63, 3.8) is 0 Å². The molecule has 2 aromatic heterocycles. The Balaban J connectivity index is 1.98. The van der Waals surface area contributed by atoms with E-state index in [1.165, 1.54) is 13.1 Å². The summed E-state index contributed by atoms with van der Waals surface area (Å²) in [6.45, 7) is 1.35. The summed E-state index contributed by atoms with van der Waals surface area (Å²) >= 11 is 0. The van der Waals surface area contributed by atoms with Gasteiger partial charge in [0, 0.05) is 31.4 Å². The second-order valence-corrected chi connectivity index (χ2v) is 4.67. The summed E-state index contributed by atoms with van der Waals surface area (Å²) in [4.78, 5) is 19.7. The third kappa shape index (κ3) is 2.69. The van der Waals surface area contributed by atoms with Gasteiger partial charge in [0.1, 0.15) is 5.82 Å². The van der Waals surface area contributed by atoms with Gasteiger partial charge in [-0.25, -0.2) is 9.97 Å². The maximum absolute atomic E-state index is 11.1. The van der Waals surface area contributed by atoms with E-state index in [4.69, 9.17) is 10.5 Å².